The van der Waals surface area contributed by atoms with E-state index in [0.717, 1.165) is 17.0 Å². The number of benzene rings is 3. The first-order chi connectivity index (χ1) is 14.0. The number of hydrogen-bond donors (Lipinski definition) is 0. The summed E-state index contributed by atoms with van der Waals surface area (Å²) >= 11 is 1.76. The molecule has 29 heavy (non-hydrogen) atoms. The zero-order chi connectivity index (χ0) is 20.0. The fraction of sp³-hybridized carbons (Fsp3) is 0.154. The van der Waals surface area contributed by atoms with Crippen molar-refractivity contribution in [3.05, 3.63) is 84.0 Å². The minimum Gasteiger partial charge on any atom is -0.236 e. The predicted octanol–water partition coefficient (Wildman–Crippen LogP) is 7.48. The van der Waals surface area contributed by atoms with Gasteiger partial charge in [-0.3, -0.25) is 0 Å². The van der Waals surface area contributed by atoms with Crippen LogP contribution < -0.4 is 0 Å². The molecular weight excluding hydrogens is 372 g/mol. The van der Waals surface area contributed by atoms with Crippen molar-refractivity contribution >= 4 is 32.2 Å². The second-order valence-electron chi connectivity index (χ2n) is 8.43. The molecule has 5 rings (SSSR count). The van der Waals surface area contributed by atoms with Crippen LogP contribution >= 0.6 is 11.3 Å². The highest BCUT2D eigenvalue weighted by Crippen LogP contribution is 2.36. The molecule has 0 spiro atoms. The van der Waals surface area contributed by atoms with Crippen LogP contribution in [-0.2, 0) is 5.41 Å². The molecule has 0 fully saturated rings. The lowest BCUT2D eigenvalue weighted by molar-refractivity contribution is 0.596. The topological polar surface area (TPSA) is 25.8 Å². The van der Waals surface area contributed by atoms with Crippen molar-refractivity contribution in [1.82, 2.24) is 9.97 Å². The minimum absolute atomic E-state index is 0.0506. The van der Waals surface area contributed by atoms with E-state index in [1.807, 2.05) is 0 Å². The van der Waals surface area contributed by atoms with Crippen molar-refractivity contribution in [3.63, 3.8) is 0 Å². The van der Waals surface area contributed by atoms with E-state index in [1.54, 1.807) is 17.7 Å². The molecule has 2 aromatic heterocycles. The second kappa shape index (κ2) is 6.78. The van der Waals surface area contributed by atoms with Crippen LogP contribution in [0.25, 0.3) is 43.4 Å². The van der Waals surface area contributed by atoms with E-state index in [-0.39, 0.29) is 5.41 Å². The van der Waals surface area contributed by atoms with Gasteiger partial charge in [0.15, 0.2) is 0 Å². The Bertz CT molecular complexity index is 1340. The highest BCUT2D eigenvalue weighted by atomic mass is 32.1. The number of fused-ring (bicyclic) bond motifs is 2. The lowest BCUT2D eigenvalue weighted by Crippen LogP contribution is -2.12. The van der Waals surface area contributed by atoms with Crippen molar-refractivity contribution in [2.24, 2.45) is 0 Å². The van der Waals surface area contributed by atoms with Gasteiger partial charge in [-0.25, -0.2) is 9.97 Å². The fourth-order valence-corrected chi connectivity index (χ4v) is 4.87. The molecule has 0 saturated carbocycles. The molecule has 0 radical (unpaired) electrons. The number of rotatable bonds is 2. The van der Waals surface area contributed by atoms with Crippen LogP contribution in [0.1, 0.15) is 26.3 Å². The monoisotopic (exact) mass is 394 g/mol. The van der Waals surface area contributed by atoms with Gasteiger partial charge in [0.2, 0.25) is 0 Å². The van der Waals surface area contributed by atoms with E-state index in [9.17, 15) is 0 Å². The van der Waals surface area contributed by atoms with Crippen molar-refractivity contribution < 1.29 is 0 Å². The first-order valence-corrected chi connectivity index (χ1v) is 10.7. The Morgan fingerprint density at radius 2 is 1.48 bits per heavy atom. The summed E-state index contributed by atoms with van der Waals surface area (Å²) < 4.78 is 1.28. The van der Waals surface area contributed by atoms with Gasteiger partial charge in [-0.1, -0.05) is 63.2 Å². The van der Waals surface area contributed by atoms with Crippen molar-refractivity contribution in [2.45, 2.75) is 26.2 Å². The summed E-state index contributed by atoms with van der Waals surface area (Å²) in [6, 6.07) is 23.7. The van der Waals surface area contributed by atoms with Gasteiger partial charge in [0, 0.05) is 26.6 Å². The first-order valence-electron chi connectivity index (χ1n) is 9.83. The van der Waals surface area contributed by atoms with E-state index in [1.165, 1.54) is 32.0 Å². The molecule has 0 saturated heterocycles. The second-order valence-corrected chi connectivity index (χ2v) is 9.34. The largest absolute Gasteiger partial charge is 0.236 e. The molecule has 0 aliphatic carbocycles. The third-order valence-corrected chi connectivity index (χ3v) is 6.35. The quantitative estimate of drug-likeness (QED) is 0.310. The normalized spacial score (nSPS) is 12.0. The molecule has 2 nitrogen and oxygen atoms in total. The van der Waals surface area contributed by atoms with Gasteiger partial charge in [0.1, 0.15) is 6.33 Å². The van der Waals surface area contributed by atoms with Gasteiger partial charge in [-0.2, -0.15) is 0 Å². The average Bonchev–Trinajstić information content (AvgIpc) is 3.16. The van der Waals surface area contributed by atoms with Gasteiger partial charge >= 0.3 is 0 Å². The molecule has 0 amide bonds. The van der Waals surface area contributed by atoms with Gasteiger partial charge in [0.05, 0.1) is 11.4 Å². The standard InChI is InChI=1S/C26H22N2S/c1-26(2,3)22-13-18(12-17-8-4-5-9-19(17)22)23-14-24(28-16-27-23)21-15-29-25-11-7-6-10-20(21)25/h4-16H,1-3H3. The zero-order valence-corrected chi connectivity index (χ0v) is 17.6. The molecule has 0 bridgehead atoms. The molecule has 0 aliphatic rings. The number of aromatic nitrogens is 2. The lowest BCUT2D eigenvalue weighted by Gasteiger charge is -2.22. The molecule has 3 aromatic carbocycles. The average molecular weight is 395 g/mol. The summed E-state index contributed by atoms with van der Waals surface area (Å²) in [4.78, 5) is 9.21. The maximum Gasteiger partial charge on any atom is 0.116 e. The summed E-state index contributed by atoms with van der Waals surface area (Å²) in [7, 11) is 0. The Kier molecular flexibility index (Phi) is 4.21. The van der Waals surface area contributed by atoms with Crippen LogP contribution in [0.5, 0.6) is 0 Å². The van der Waals surface area contributed by atoms with Gasteiger partial charge in [-0.05, 0) is 46.0 Å². The van der Waals surface area contributed by atoms with E-state index < -0.39 is 0 Å². The zero-order valence-electron chi connectivity index (χ0n) is 16.8. The van der Waals surface area contributed by atoms with E-state index in [4.69, 9.17) is 0 Å². The summed E-state index contributed by atoms with van der Waals surface area (Å²) in [6.07, 6.45) is 1.68. The van der Waals surface area contributed by atoms with Crippen LogP contribution in [0.4, 0.5) is 0 Å². The van der Waals surface area contributed by atoms with Crippen LogP contribution in [0, 0.1) is 0 Å². The van der Waals surface area contributed by atoms with Crippen molar-refractivity contribution in [1.29, 1.82) is 0 Å². The SMILES string of the molecule is CC(C)(C)c1cc(-c2cc(-c3csc4ccccc34)ncn2)cc2ccccc12. The molecule has 5 aromatic rings. The highest BCUT2D eigenvalue weighted by Gasteiger charge is 2.19. The van der Waals surface area contributed by atoms with E-state index in [2.05, 4.69) is 103 Å². The molecule has 0 aliphatic heterocycles. The Labute approximate surface area is 174 Å². The van der Waals surface area contributed by atoms with E-state index >= 15 is 0 Å². The van der Waals surface area contributed by atoms with Crippen molar-refractivity contribution in [2.75, 3.05) is 0 Å². The van der Waals surface area contributed by atoms with Crippen LogP contribution in [0.2, 0.25) is 0 Å². The Balaban J connectivity index is 1.69. The smallest absolute Gasteiger partial charge is 0.116 e. The summed E-state index contributed by atoms with van der Waals surface area (Å²) in [6.45, 7) is 6.80. The van der Waals surface area contributed by atoms with E-state index in [0.29, 0.717) is 0 Å². The summed E-state index contributed by atoms with van der Waals surface area (Å²) in [5.41, 5.74) is 5.63. The Morgan fingerprint density at radius 3 is 2.31 bits per heavy atom. The molecule has 0 N–H and O–H groups in total. The maximum atomic E-state index is 4.62. The molecule has 2 heterocycles. The van der Waals surface area contributed by atoms with Gasteiger partial charge in [-0.15, -0.1) is 11.3 Å². The third-order valence-electron chi connectivity index (χ3n) is 5.39. The van der Waals surface area contributed by atoms with Crippen LogP contribution in [-0.4, -0.2) is 9.97 Å². The van der Waals surface area contributed by atoms with Gasteiger partial charge in [0.25, 0.3) is 0 Å². The number of nitrogens with zero attached hydrogens (tertiary/aromatic N) is 2. The molecule has 142 valence electrons. The minimum atomic E-state index is 0.0506. The third kappa shape index (κ3) is 3.22. The van der Waals surface area contributed by atoms with Crippen LogP contribution in [0.3, 0.4) is 0 Å². The maximum absolute atomic E-state index is 4.62. The Morgan fingerprint density at radius 1 is 0.759 bits per heavy atom. The lowest BCUT2D eigenvalue weighted by atomic mass is 9.82. The molecule has 0 unspecified atom stereocenters. The van der Waals surface area contributed by atoms with Crippen molar-refractivity contribution in [3.8, 4) is 22.5 Å². The highest BCUT2D eigenvalue weighted by molar-refractivity contribution is 7.17. The summed E-state index contributed by atoms with van der Waals surface area (Å²) in [5.74, 6) is 0. The number of thiophene rings is 1. The first kappa shape index (κ1) is 18.0. The predicted molar refractivity (Wildman–Crippen MR) is 124 cm³/mol. The summed E-state index contributed by atoms with van der Waals surface area (Å²) in [5, 5.41) is 5.99. The van der Waals surface area contributed by atoms with Gasteiger partial charge < -0.3 is 0 Å². The molecule has 0 atom stereocenters. The molecule has 3 heteroatoms. The fourth-order valence-electron chi connectivity index (χ4n) is 3.92. The van der Waals surface area contributed by atoms with Crippen LogP contribution in [0.15, 0.2) is 78.4 Å². The Hall–Kier alpha value is -3.04. The number of hydrogen-bond acceptors (Lipinski definition) is 3. The molecular formula is C26H22N2S.